The van der Waals surface area contributed by atoms with Crippen LogP contribution in [-0.4, -0.2) is 62.7 Å². The summed E-state index contributed by atoms with van der Waals surface area (Å²) in [6.07, 6.45) is 2.25. The molecule has 0 bridgehead atoms. The summed E-state index contributed by atoms with van der Waals surface area (Å²) in [4.78, 5) is 13.5. The van der Waals surface area contributed by atoms with E-state index in [1.807, 2.05) is 44.2 Å². The zero-order chi connectivity index (χ0) is 18.2. The average Bonchev–Trinajstić information content (AvgIpc) is 2.59. The predicted molar refractivity (Wildman–Crippen MR) is 106 cm³/mol. The smallest absolute Gasteiger partial charge is 0.191 e. The zero-order valence-electron chi connectivity index (χ0n) is 16.0. The molecule has 6 heteroatoms. The molecule has 0 aliphatic carbocycles. The van der Waals surface area contributed by atoms with Crippen LogP contribution in [0.4, 0.5) is 5.82 Å². The van der Waals surface area contributed by atoms with Crippen LogP contribution in [0.15, 0.2) is 35.3 Å². The van der Waals surface area contributed by atoms with E-state index < -0.39 is 0 Å². The largest absolute Gasteiger partial charge is 0.363 e. The number of piperidine rings is 1. The number of aliphatic imine (C=N–C) groups is 1. The zero-order valence-corrected chi connectivity index (χ0v) is 16.0. The molecule has 25 heavy (non-hydrogen) atoms. The van der Waals surface area contributed by atoms with Gasteiger partial charge in [-0.15, -0.1) is 0 Å². The van der Waals surface area contributed by atoms with Crippen LogP contribution in [0.2, 0.25) is 0 Å². The van der Waals surface area contributed by atoms with Crippen molar-refractivity contribution in [2.24, 2.45) is 4.99 Å². The number of guanidine groups is 1. The molecule has 2 rings (SSSR count). The molecule has 1 aromatic rings. The van der Waals surface area contributed by atoms with Crippen LogP contribution < -0.4 is 15.5 Å². The fraction of sp³-hybridized carbons (Fsp3) is 0.579. The molecule has 0 unspecified atom stereocenters. The van der Waals surface area contributed by atoms with Crippen molar-refractivity contribution >= 4 is 11.8 Å². The summed E-state index contributed by atoms with van der Waals surface area (Å²) in [6.45, 7) is 9.98. The third-order valence-electron chi connectivity index (χ3n) is 4.33. The maximum Gasteiger partial charge on any atom is 0.191 e. The Hall–Kier alpha value is -2.08. The number of aromatic nitrogens is 1. The van der Waals surface area contributed by atoms with E-state index in [4.69, 9.17) is 0 Å². The monoisotopic (exact) mass is 344 g/mol. The molecule has 1 aliphatic rings. The van der Waals surface area contributed by atoms with Gasteiger partial charge in [0.05, 0.1) is 12.2 Å². The van der Waals surface area contributed by atoms with Gasteiger partial charge in [0, 0.05) is 46.8 Å². The van der Waals surface area contributed by atoms with Gasteiger partial charge in [0.1, 0.15) is 5.82 Å². The highest BCUT2D eigenvalue weighted by Crippen LogP contribution is 2.11. The summed E-state index contributed by atoms with van der Waals surface area (Å²) in [5, 5.41) is 6.91. The Morgan fingerprint density at radius 2 is 2.08 bits per heavy atom. The Bertz CT molecular complexity index is 587. The van der Waals surface area contributed by atoms with Crippen molar-refractivity contribution in [2.45, 2.75) is 32.4 Å². The van der Waals surface area contributed by atoms with Gasteiger partial charge in [-0.25, -0.2) is 4.98 Å². The van der Waals surface area contributed by atoms with Gasteiger partial charge >= 0.3 is 0 Å². The molecule has 6 nitrogen and oxygen atoms in total. The average molecular weight is 345 g/mol. The fourth-order valence-corrected chi connectivity index (χ4v) is 2.99. The van der Waals surface area contributed by atoms with Crippen LogP contribution in [-0.2, 0) is 6.54 Å². The van der Waals surface area contributed by atoms with Gasteiger partial charge in [-0.05, 0) is 31.9 Å². The van der Waals surface area contributed by atoms with Crippen LogP contribution in [0.1, 0.15) is 25.5 Å². The van der Waals surface area contributed by atoms with Crippen molar-refractivity contribution in [2.75, 3.05) is 45.7 Å². The standard InChI is InChI=1S/C19H32N6/c1-15(2)14-25-11-9-16(10-12-25)23-19(20-3)21-13-17-7-6-8-18(22-17)24(4)5/h6-8,16H,1,9-14H2,2-5H3,(H2,20,21,23). The molecule has 0 spiro atoms. The van der Waals surface area contributed by atoms with Crippen LogP contribution >= 0.6 is 0 Å². The first-order valence-corrected chi connectivity index (χ1v) is 8.95. The Kier molecular flexibility index (Phi) is 7.25. The minimum atomic E-state index is 0.466. The number of pyridine rings is 1. The number of likely N-dealkylation sites (tertiary alicyclic amines) is 1. The minimum absolute atomic E-state index is 0.466. The summed E-state index contributed by atoms with van der Waals surface area (Å²) in [7, 11) is 5.82. The number of rotatable bonds is 6. The van der Waals surface area contributed by atoms with E-state index in [2.05, 4.69) is 39.0 Å². The minimum Gasteiger partial charge on any atom is -0.363 e. The SMILES string of the molecule is C=C(C)CN1CCC(NC(=NC)NCc2cccc(N(C)C)n2)CC1. The van der Waals surface area contributed by atoms with Gasteiger partial charge in [-0.1, -0.05) is 18.2 Å². The topological polar surface area (TPSA) is 55.8 Å². The van der Waals surface area contributed by atoms with Crippen molar-refractivity contribution in [1.29, 1.82) is 0 Å². The lowest BCUT2D eigenvalue weighted by Gasteiger charge is -2.33. The molecule has 0 saturated carbocycles. The quantitative estimate of drug-likeness (QED) is 0.469. The van der Waals surface area contributed by atoms with E-state index >= 15 is 0 Å². The van der Waals surface area contributed by atoms with Crippen LogP contribution in [0.25, 0.3) is 0 Å². The molecule has 1 aromatic heterocycles. The fourth-order valence-electron chi connectivity index (χ4n) is 2.99. The Balaban J connectivity index is 1.80. The molecule has 1 saturated heterocycles. The lowest BCUT2D eigenvalue weighted by Crippen LogP contribution is -2.48. The normalized spacial score (nSPS) is 16.6. The maximum absolute atomic E-state index is 4.63. The third kappa shape index (κ3) is 6.38. The number of hydrogen-bond acceptors (Lipinski definition) is 4. The first-order chi connectivity index (χ1) is 12.0. The van der Waals surface area contributed by atoms with Gasteiger partial charge in [0.15, 0.2) is 5.96 Å². The molecular formula is C19H32N6. The highest BCUT2D eigenvalue weighted by atomic mass is 15.2. The van der Waals surface area contributed by atoms with Gasteiger partial charge < -0.3 is 15.5 Å². The molecule has 0 amide bonds. The first kappa shape index (κ1) is 19.2. The Morgan fingerprint density at radius 3 is 2.68 bits per heavy atom. The van der Waals surface area contributed by atoms with E-state index in [1.165, 1.54) is 5.57 Å². The molecule has 2 N–H and O–H groups in total. The molecule has 0 atom stereocenters. The summed E-state index contributed by atoms with van der Waals surface area (Å²) < 4.78 is 0. The summed E-state index contributed by atoms with van der Waals surface area (Å²) in [5.74, 6) is 1.81. The predicted octanol–water partition coefficient (Wildman–Crippen LogP) is 1.85. The van der Waals surface area contributed by atoms with E-state index in [-0.39, 0.29) is 0 Å². The molecular weight excluding hydrogens is 312 g/mol. The van der Waals surface area contributed by atoms with Crippen molar-refractivity contribution in [1.82, 2.24) is 20.5 Å². The van der Waals surface area contributed by atoms with E-state index in [1.54, 1.807) is 0 Å². The lowest BCUT2D eigenvalue weighted by molar-refractivity contribution is 0.221. The highest BCUT2D eigenvalue weighted by Gasteiger charge is 2.19. The first-order valence-electron chi connectivity index (χ1n) is 8.95. The van der Waals surface area contributed by atoms with E-state index in [0.717, 1.165) is 49.9 Å². The molecule has 0 radical (unpaired) electrons. The number of nitrogens with one attached hydrogen (secondary N) is 2. The molecule has 1 fully saturated rings. The maximum atomic E-state index is 4.63. The molecule has 0 aromatic carbocycles. The van der Waals surface area contributed by atoms with Gasteiger partial charge in [0.25, 0.3) is 0 Å². The summed E-state index contributed by atoms with van der Waals surface area (Å²) >= 11 is 0. The Labute approximate surface area is 152 Å². The molecule has 138 valence electrons. The number of nitrogens with zero attached hydrogens (tertiary/aromatic N) is 4. The van der Waals surface area contributed by atoms with E-state index in [0.29, 0.717) is 12.6 Å². The summed E-state index contributed by atoms with van der Waals surface area (Å²) in [6, 6.07) is 6.54. The van der Waals surface area contributed by atoms with Crippen molar-refractivity contribution in [3.63, 3.8) is 0 Å². The second-order valence-corrected chi connectivity index (χ2v) is 6.96. The van der Waals surface area contributed by atoms with Crippen LogP contribution in [0.5, 0.6) is 0 Å². The van der Waals surface area contributed by atoms with E-state index in [9.17, 15) is 0 Å². The van der Waals surface area contributed by atoms with Crippen molar-refractivity contribution in [3.05, 3.63) is 36.0 Å². The summed E-state index contributed by atoms with van der Waals surface area (Å²) in [5.41, 5.74) is 2.24. The van der Waals surface area contributed by atoms with Gasteiger partial charge in [-0.2, -0.15) is 0 Å². The van der Waals surface area contributed by atoms with Crippen molar-refractivity contribution < 1.29 is 0 Å². The number of anilines is 1. The van der Waals surface area contributed by atoms with Crippen LogP contribution in [0, 0.1) is 0 Å². The second kappa shape index (κ2) is 9.42. The highest BCUT2D eigenvalue weighted by molar-refractivity contribution is 5.79. The molecule has 2 heterocycles. The van der Waals surface area contributed by atoms with Gasteiger partial charge in [-0.3, -0.25) is 9.89 Å². The second-order valence-electron chi connectivity index (χ2n) is 6.96. The van der Waals surface area contributed by atoms with Gasteiger partial charge in [0.2, 0.25) is 0 Å². The lowest BCUT2D eigenvalue weighted by atomic mass is 10.0. The number of hydrogen-bond donors (Lipinski definition) is 2. The Morgan fingerprint density at radius 1 is 1.36 bits per heavy atom. The third-order valence-corrected chi connectivity index (χ3v) is 4.33. The van der Waals surface area contributed by atoms with Crippen LogP contribution in [0.3, 0.4) is 0 Å². The van der Waals surface area contributed by atoms with Crippen molar-refractivity contribution in [3.8, 4) is 0 Å². The molecule has 1 aliphatic heterocycles.